The molecule has 0 radical (unpaired) electrons. The van der Waals surface area contributed by atoms with E-state index in [1.165, 1.54) is 12.3 Å². The molecule has 0 N–H and O–H groups in total. The SMILES string of the molecule is O=C(Cc1cnc2c(F)cccc2c1)C(Cc1ccccc1)CC(F)(F)Cl. The van der Waals surface area contributed by atoms with Crippen molar-refractivity contribution in [3.05, 3.63) is 77.7 Å². The Hall–Kier alpha value is -2.40. The molecule has 27 heavy (non-hydrogen) atoms. The van der Waals surface area contributed by atoms with E-state index < -0.39 is 23.5 Å². The summed E-state index contributed by atoms with van der Waals surface area (Å²) in [6.45, 7) is 0. The number of rotatable bonds is 7. The lowest BCUT2D eigenvalue weighted by Crippen LogP contribution is -2.25. The number of Topliss-reactive ketones (excluding diaryl/α,β-unsaturated/α-hetero) is 1. The average Bonchev–Trinajstić information content (AvgIpc) is 2.61. The van der Waals surface area contributed by atoms with Crippen molar-refractivity contribution in [2.75, 3.05) is 0 Å². The van der Waals surface area contributed by atoms with Gasteiger partial charge in [0.1, 0.15) is 17.1 Å². The Bertz CT molecular complexity index is 941. The van der Waals surface area contributed by atoms with Gasteiger partial charge in [-0.1, -0.05) is 42.5 Å². The molecule has 2 nitrogen and oxygen atoms in total. The van der Waals surface area contributed by atoms with Crippen molar-refractivity contribution in [2.45, 2.75) is 24.6 Å². The van der Waals surface area contributed by atoms with Crippen LogP contribution in [0.15, 0.2) is 60.8 Å². The Kier molecular flexibility index (Phi) is 5.80. The number of alkyl halides is 3. The molecule has 0 aliphatic heterocycles. The highest BCUT2D eigenvalue weighted by molar-refractivity contribution is 6.21. The molecule has 1 unspecified atom stereocenters. The summed E-state index contributed by atoms with van der Waals surface area (Å²) in [7, 11) is 0. The molecule has 3 rings (SSSR count). The molecule has 2 aromatic carbocycles. The van der Waals surface area contributed by atoms with Gasteiger partial charge in [0.2, 0.25) is 0 Å². The van der Waals surface area contributed by atoms with Crippen molar-refractivity contribution in [2.24, 2.45) is 5.92 Å². The van der Waals surface area contributed by atoms with Crippen LogP contribution in [-0.4, -0.2) is 16.1 Å². The first-order valence-electron chi connectivity index (χ1n) is 8.48. The van der Waals surface area contributed by atoms with E-state index >= 15 is 0 Å². The predicted octanol–water partition coefficient (Wildman–Crippen LogP) is 5.57. The molecular formula is C21H17ClF3NO. The molecule has 1 aromatic heterocycles. The van der Waals surface area contributed by atoms with Crippen molar-refractivity contribution in [3.63, 3.8) is 0 Å². The minimum Gasteiger partial charge on any atom is -0.299 e. The highest BCUT2D eigenvalue weighted by Gasteiger charge is 2.33. The minimum atomic E-state index is -3.46. The predicted molar refractivity (Wildman–Crippen MR) is 99.5 cm³/mol. The Balaban J connectivity index is 1.81. The van der Waals surface area contributed by atoms with Crippen LogP contribution in [0, 0.1) is 11.7 Å². The summed E-state index contributed by atoms with van der Waals surface area (Å²) in [5, 5.41) is -2.90. The molecule has 1 atom stereocenters. The molecule has 140 valence electrons. The second-order valence-electron chi connectivity index (χ2n) is 6.50. The summed E-state index contributed by atoms with van der Waals surface area (Å²) < 4.78 is 40.5. The Morgan fingerprint density at radius 2 is 1.81 bits per heavy atom. The second-order valence-corrected chi connectivity index (χ2v) is 7.06. The summed E-state index contributed by atoms with van der Waals surface area (Å²) in [5.74, 6) is -1.73. The largest absolute Gasteiger partial charge is 0.322 e. The maximum Gasteiger partial charge on any atom is 0.322 e. The molecule has 0 saturated heterocycles. The van der Waals surface area contributed by atoms with Gasteiger partial charge in [-0.25, -0.2) is 4.39 Å². The van der Waals surface area contributed by atoms with Crippen LogP contribution in [0.2, 0.25) is 0 Å². The van der Waals surface area contributed by atoms with Crippen LogP contribution in [0.3, 0.4) is 0 Å². The van der Waals surface area contributed by atoms with Gasteiger partial charge in [-0.3, -0.25) is 9.78 Å². The van der Waals surface area contributed by atoms with Crippen LogP contribution in [0.5, 0.6) is 0 Å². The van der Waals surface area contributed by atoms with E-state index in [2.05, 4.69) is 4.98 Å². The summed E-state index contributed by atoms with van der Waals surface area (Å²) in [4.78, 5) is 16.8. The van der Waals surface area contributed by atoms with Gasteiger partial charge in [0.15, 0.2) is 0 Å². The van der Waals surface area contributed by atoms with Crippen molar-refractivity contribution in [1.29, 1.82) is 0 Å². The number of carbonyl (C=O) groups is 1. The number of nitrogens with zero attached hydrogens (tertiary/aromatic N) is 1. The lowest BCUT2D eigenvalue weighted by molar-refractivity contribution is -0.124. The number of para-hydroxylation sites is 1. The number of halogens is 4. The Morgan fingerprint density at radius 3 is 2.52 bits per heavy atom. The molecule has 0 aliphatic rings. The van der Waals surface area contributed by atoms with Crippen LogP contribution in [-0.2, 0) is 17.6 Å². The Labute approximate surface area is 160 Å². The number of benzene rings is 2. The average molecular weight is 392 g/mol. The first-order valence-corrected chi connectivity index (χ1v) is 8.86. The maximum absolute atomic E-state index is 13.7. The zero-order chi connectivity index (χ0) is 19.4. The molecule has 0 amide bonds. The van der Waals surface area contributed by atoms with Gasteiger partial charge < -0.3 is 0 Å². The lowest BCUT2D eigenvalue weighted by Gasteiger charge is -2.19. The summed E-state index contributed by atoms with van der Waals surface area (Å²) in [6, 6.07) is 15.2. The standard InChI is InChI=1S/C21H17ClF3NO/c22-21(24,25)12-17(9-14-5-2-1-3-6-14)19(27)11-15-10-16-7-4-8-18(23)20(16)26-13-15/h1-8,10,13,17H,9,11-12H2. The number of hydrogen-bond donors (Lipinski definition) is 0. The van der Waals surface area contributed by atoms with Gasteiger partial charge in [-0.2, -0.15) is 8.78 Å². The third-order valence-corrected chi connectivity index (χ3v) is 4.51. The fourth-order valence-corrected chi connectivity index (χ4v) is 3.28. The van der Waals surface area contributed by atoms with Crippen LogP contribution < -0.4 is 0 Å². The monoisotopic (exact) mass is 391 g/mol. The highest BCUT2D eigenvalue weighted by Crippen LogP contribution is 2.31. The van der Waals surface area contributed by atoms with E-state index in [1.54, 1.807) is 42.5 Å². The fraction of sp³-hybridized carbons (Fsp3) is 0.238. The number of carbonyl (C=O) groups excluding carboxylic acids is 1. The third kappa shape index (κ3) is 5.30. The summed E-state index contributed by atoms with van der Waals surface area (Å²) in [5.41, 5.74) is 1.55. The number of hydrogen-bond acceptors (Lipinski definition) is 2. The first kappa shape index (κ1) is 19.4. The van der Waals surface area contributed by atoms with Gasteiger partial charge in [0.05, 0.1) is 0 Å². The van der Waals surface area contributed by atoms with E-state index in [4.69, 9.17) is 11.6 Å². The smallest absolute Gasteiger partial charge is 0.299 e. The van der Waals surface area contributed by atoms with Gasteiger partial charge in [-0.15, -0.1) is 0 Å². The number of ketones is 1. The summed E-state index contributed by atoms with van der Waals surface area (Å²) in [6.07, 6.45) is 0.779. The van der Waals surface area contributed by atoms with Crippen LogP contribution in [0.4, 0.5) is 13.2 Å². The quantitative estimate of drug-likeness (QED) is 0.493. The van der Waals surface area contributed by atoms with E-state index in [1.807, 2.05) is 6.07 Å². The topological polar surface area (TPSA) is 30.0 Å². The van der Waals surface area contributed by atoms with Crippen molar-refractivity contribution in [1.82, 2.24) is 4.98 Å². The van der Waals surface area contributed by atoms with Gasteiger partial charge in [-0.05, 0) is 41.3 Å². The number of aromatic nitrogens is 1. The van der Waals surface area contributed by atoms with Crippen LogP contribution in [0.25, 0.3) is 10.9 Å². The zero-order valence-electron chi connectivity index (χ0n) is 14.3. The van der Waals surface area contributed by atoms with Crippen molar-refractivity contribution in [3.8, 4) is 0 Å². The van der Waals surface area contributed by atoms with Crippen LogP contribution >= 0.6 is 11.6 Å². The van der Waals surface area contributed by atoms with Crippen molar-refractivity contribution < 1.29 is 18.0 Å². The molecule has 0 fully saturated rings. The van der Waals surface area contributed by atoms with Crippen molar-refractivity contribution >= 4 is 28.3 Å². The van der Waals surface area contributed by atoms with Crippen LogP contribution in [0.1, 0.15) is 17.5 Å². The Morgan fingerprint density at radius 1 is 1.07 bits per heavy atom. The zero-order valence-corrected chi connectivity index (χ0v) is 15.1. The maximum atomic E-state index is 13.7. The summed E-state index contributed by atoms with van der Waals surface area (Å²) >= 11 is 5.10. The van der Waals surface area contributed by atoms with Gasteiger partial charge in [0.25, 0.3) is 0 Å². The number of pyridine rings is 1. The van der Waals surface area contributed by atoms with Gasteiger partial charge >= 0.3 is 5.38 Å². The van der Waals surface area contributed by atoms with Gasteiger partial charge in [0, 0.05) is 30.3 Å². The minimum absolute atomic E-state index is 0.0656. The molecule has 0 bridgehead atoms. The number of fused-ring (bicyclic) bond motifs is 1. The third-order valence-electron chi connectivity index (χ3n) is 4.35. The first-order chi connectivity index (χ1) is 12.8. The molecule has 6 heteroatoms. The molecule has 0 saturated carbocycles. The molecule has 3 aromatic rings. The second kappa shape index (κ2) is 8.09. The van der Waals surface area contributed by atoms with E-state index in [9.17, 15) is 18.0 Å². The van der Waals surface area contributed by atoms with E-state index in [0.29, 0.717) is 10.9 Å². The highest BCUT2D eigenvalue weighted by atomic mass is 35.5. The van der Waals surface area contributed by atoms with E-state index in [-0.39, 0.29) is 24.1 Å². The molecule has 0 aliphatic carbocycles. The lowest BCUT2D eigenvalue weighted by atomic mass is 9.89. The normalized spacial score (nSPS) is 12.9. The molecular weight excluding hydrogens is 375 g/mol. The van der Waals surface area contributed by atoms with E-state index in [0.717, 1.165) is 5.56 Å². The molecule has 1 heterocycles. The fourth-order valence-electron chi connectivity index (χ4n) is 3.09. The molecule has 0 spiro atoms.